The Morgan fingerprint density at radius 2 is 1.93 bits per heavy atom. The average molecular weight is 533 g/mol. The minimum atomic E-state index is -0.699. The zero-order valence-electron chi connectivity index (χ0n) is 17.7. The van der Waals surface area contributed by atoms with Crippen LogP contribution in [0.25, 0.3) is 0 Å². The van der Waals surface area contributed by atoms with E-state index < -0.39 is 45.6 Å². The maximum absolute atomic E-state index is 12.3. The molecular weight excluding hydrogens is 503 g/mol. The first kappa shape index (κ1) is 24.2. The Kier molecular flexibility index (Phi) is 9.15. The number of carbonyl (C=O) groups excluding carboxylic acids is 2. The van der Waals surface area contributed by atoms with E-state index in [0.717, 1.165) is 12.0 Å². The number of guanidine groups is 1. The number of nitrogens with zero attached hydrogens (tertiary/aromatic N) is 1. The predicted molar refractivity (Wildman–Crippen MR) is 107 cm³/mol. The van der Waals surface area contributed by atoms with Crippen LogP contribution in [0.4, 0.5) is 9.59 Å². The Bertz CT molecular complexity index is 726. The molecule has 9 nitrogen and oxygen atoms in total. The molecule has 30 heavy (non-hydrogen) atoms. The molecule has 1 saturated heterocycles. The number of carbonyl (C=O) groups is 2. The van der Waals surface area contributed by atoms with Crippen molar-refractivity contribution in [3.05, 3.63) is 35.9 Å². The van der Waals surface area contributed by atoms with Crippen LogP contribution in [-0.4, -0.2) is 52.4 Å². The van der Waals surface area contributed by atoms with Crippen LogP contribution in [-0.2, 0) is 19.1 Å². The van der Waals surface area contributed by atoms with E-state index >= 15 is 0 Å². The van der Waals surface area contributed by atoms with Gasteiger partial charge < -0.3 is 0 Å². The number of alkyl carbamates (subject to hydrolysis) is 2. The zero-order valence-corrected chi connectivity index (χ0v) is 19.9. The average Bonchev–Trinajstić information content (AvgIpc) is 2.67. The molecule has 168 valence electrons. The molecule has 1 aromatic carbocycles. The molecule has 2 rings (SSSR count). The Hall–Kier alpha value is -2.08. The number of halogens is 1. The first-order valence-corrected chi connectivity index (χ1v) is 12.7. The van der Waals surface area contributed by atoms with Gasteiger partial charge in [-0.2, -0.15) is 0 Å². The molecule has 0 spiro atoms. The summed E-state index contributed by atoms with van der Waals surface area (Å²) in [5, 5.41) is 13.6. The van der Waals surface area contributed by atoms with E-state index in [1.54, 1.807) is 25.7 Å². The summed E-state index contributed by atoms with van der Waals surface area (Å²) >= 11 is -0.587. The standard InChI is InChI=1S/C20H30IN4O5/c1-20(2,3)29-19(27)24-17(22)25-12-8-11-15(16(25)30-21-4)23-18(26)28-13-14-9-6-5-7-10-14/h5-7,9-10,15-16H,8,11-13H2,1-4H3,(H,23,26)(H2,22,24,27)/q-1. The van der Waals surface area contributed by atoms with Crippen LogP contribution in [0.2, 0.25) is 0 Å². The fourth-order valence-electron chi connectivity index (χ4n) is 2.94. The number of ether oxygens (including phenoxy) is 2. The number of likely N-dealkylation sites (tertiary alicyclic amines) is 1. The molecule has 1 aromatic rings. The van der Waals surface area contributed by atoms with E-state index in [9.17, 15) is 9.59 Å². The van der Waals surface area contributed by atoms with Crippen LogP contribution in [0.15, 0.2) is 30.3 Å². The topological polar surface area (TPSA) is 113 Å². The summed E-state index contributed by atoms with van der Waals surface area (Å²) in [5.41, 5.74) is 0.234. The molecule has 2 unspecified atom stereocenters. The number of hydrogen-bond donors (Lipinski definition) is 3. The van der Waals surface area contributed by atoms with Crippen molar-refractivity contribution in [2.45, 2.75) is 58.1 Å². The van der Waals surface area contributed by atoms with Crippen molar-refractivity contribution in [3.8, 4) is 0 Å². The van der Waals surface area contributed by atoms with Gasteiger partial charge >= 0.3 is 188 Å². The van der Waals surface area contributed by atoms with Crippen LogP contribution in [0.5, 0.6) is 0 Å². The zero-order chi connectivity index (χ0) is 22.1. The van der Waals surface area contributed by atoms with Crippen LogP contribution >= 0.6 is 0 Å². The molecule has 1 aliphatic rings. The van der Waals surface area contributed by atoms with Gasteiger partial charge in [-0.05, 0) is 0 Å². The molecule has 1 heterocycles. The van der Waals surface area contributed by atoms with Gasteiger partial charge in [0.25, 0.3) is 0 Å². The molecule has 3 N–H and O–H groups in total. The molecule has 1 fully saturated rings. The molecule has 0 bridgehead atoms. The van der Waals surface area contributed by atoms with E-state index in [1.165, 1.54) is 0 Å². The molecule has 10 heteroatoms. The fraction of sp³-hybridized carbons (Fsp3) is 0.550. The number of rotatable bonds is 5. The first-order chi connectivity index (χ1) is 14.2. The van der Waals surface area contributed by atoms with Gasteiger partial charge in [-0.3, -0.25) is 0 Å². The summed E-state index contributed by atoms with van der Waals surface area (Å²) in [6.07, 6.45) is -0.382. The summed E-state index contributed by atoms with van der Waals surface area (Å²) < 4.78 is 16.4. The number of nitrogens with one attached hydrogen (secondary N) is 3. The third kappa shape index (κ3) is 7.98. The Morgan fingerprint density at radius 3 is 2.57 bits per heavy atom. The van der Waals surface area contributed by atoms with Crippen molar-refractivity contribution in [2.75, 3.05) is 11.5 Å². The summed E-state index contributed by atoms with van der Waals surface area (Å²) in [5.74, 6) is -0.115. The molecule has 2 amide bonds. The normalized spacial score (nSPS) is 19.1. The van der Waals surface area contributed by atoms with E-state index in [0.29, 0.717) is 13.0 Å². The van der Waals surface area contributed by atoms with E-state index in [-0.39, 0.29) is 18.6 Å². The molecule has 0 aliphatic carbocycles. The van der Waals surface area contributed by atoms with E-state index in [2.05, 4.69) is 10.6 Å². The van der Waals surface area contributed by atoms with Gasteiger partial charge in [0.15, 0.2) is 0 Å². The second-order valence-corrected chi connectivity index (χ2v) is 9.15. The Labute approximate surface area is 188 Å². The number of piperidine rings is 1. The van der Waals surface area contributed by atoms with Crippen LogP contribution in [0.3, 0.4) is 0 Å². The predicted octanol–water partition coefficient (Wildman–Crippen LogP) is -0.187. The van der Waals surface area contributed by atoms with Crippen LogP contribution in [0, 0.1) is 5.41 Å². The first-order valence-electron chi connectivity index (χ1n) is 9.67. The SMILES string of the molecule is C[I-]OC1C(NC(=O)OCc2ccccc2)CCCN1C(=N)NC(=O)OC(C)(C)C. The Balaban J connectivity index is 1.95. The second kappa shape index (κ2) is 11.3. The van der Waals surface area contributed by atoms with Gasteiger partial charge in [0.2, 0.25) is 0 Å². The molecular formula is C20H30IN4O5-. The molecule has 0 radical (unpaired) electrons. The summed E-state index contributed by atoms with van der Waals surface area (Å²) in [6.45, 7) is 5.97. The monoisotopic (exact) mass is 533 g/mol. The van der Waals surface area contributed by atoms with Gasteiger partial charge in [-0.25, -0.2) is 0 Å². The quantitative estimate of drug-likeness (QED) is 0.210. The van der Waals surface area contributed by atoms with Gasteiger partial charge in [-0.15, -0.1) is 0 Å². The van der Waals surface area contributed by atoms with Crippen molar-refractivity contribution < 1.29 is 43.7 Å². The van der Waals surface area contributed by atoms with Crippen molar-refractivity contribution >= 4 is 18.1 Å². The number of hydrogen-bond acceptors (Lipinski definition) is 6. The summed E-state index contributed by atoms with van der Waals surface area (Å²) in [6, 6.07) is 9.07. The number of alkyl halides is 1. The van der Waals surface area contributed by atoms with Crippen molar-refractivity contribution in [1.29, 1.82) is 5.41 Å². The van der Waals surface area contributed by atoms with Gasteiger partial charge in [0, 0.05) is 0 Å². The third-order valence-electron chi connectivity index (χ3n) is 4.17. The van der Waals surface area contributed by atoms with Crippen molar-refractivity contribution in [3.63, 3.8) is 0 Å². The fourth-order valence-corrected chi connectivity index (χ4v) is 4.09. The number of benzene rings is 1. The molecule has 1 aliphatic heterocycles. The summed E-state index contributed by atoms with van der Waals surface area (Å²) in [7, 11) is 0. The number of amides is 2. The Morgan fingerprint density at radius 1 is 1.23 bits per heavy atom. The maximum atomic E-state index is 12.3. The van der Waals surface area contributed by atoms with Gasteiger partial charge in [0.1, 0.15) is 0 Å². The van der Waals surface area contributed by atoms with Gasteiger partial charge in [0.05, 0.1) is 0 Å². The van der Waals surface area contributed by atoms with E-state index in [1.807, 2.05) is 35.3 Å². The van der Waals surface area contributed by atoms with E-state index in [4.69, 9.17) is 17.9 Å². The summed E-state index contributed by atoms with van der Waals surface area (Å²) in [4.78, 5) is 27.9. The van der Waals surface area contributed by atoms with Crippen LogP contribution in [0.1, 0.15) is 39.2 Å². The molecule has 0 saturated carbocycles. The van der Waals surface area contributed by atoms with Crippen molar-refractivity contribution in [1.82, 2.24) is 15.5 Å². The second-order valence-electron chi connectivity index (χ2n) is 7.76. The van der Waals surface area contributed by atoms with Crippen LogP contribution < -0.4 is 32.3 Å². The van der Waals surface area contributed by atoms with Crippen molar-refractivity contribution in [2.24, 2.45) is 0 Å². The molecule has 0 aromatic heterocycles. The molecule has 2 atom stereocenters. The minimum absolute atomic E-state index is 0.115. The van der Waals surface area contributed by atoms with Gasteiger partial charge in [-0.1, -0.05) is 0 Å². The third-order valence-corrected chi connectivity index (χ3v) is 5.20.